The summed E-state index contributed by atoms with van der Waals surface area (Å²) >= 11 is 0. The van der Waals surface area contributed by atoms with Crippen molar-refractivity contribution >= 4 is 29.3 Å². The monoisotopic (exact) mass is 321 g/mol. The molecule has 1 amide bonds. The Labute approximate surface area is 140 Å². The largest absolute Gasteiger partial charge is 0.378 e. The molecule has 0 aromatic heterocycles. The lowest BCUT2D eigenvalue weighted by atomic mass is 10.1. The number of hydrazine groups is 1. The number of anilines is 2. The minimum atomic E-state index is -0.232. The van der Waals surface area contributed by atoms with E-state index < -0.39 is 0 Å². The minimum absolute atomic E-state index is 0.232. The third kappa shape index (κ3) is 3.73. The molecular weight excluding hydrogens is 302 g/mol. The number of hydrogen-bond donors (Lipinski definition) is 3. The first-order valence-electron chi connectivity index (χ1n) is 7.58. The number of nitrogens with one attached hydrogen (secondary N) is 3. The van der Waals surface area contributed by atoms with Crippen molar-refractivity contribution in [2.75, 3.05) is 24.4 Å². The van der Waals surface area contributed by atoms with Gasteiger partial charge in [-0.05, 0) is 35.9 Å². The van der Waals surface area contributed by atoms with Gasteiger partial charge in [-0.2, -0.15) is 0 Å². The third-order valence-electron chi connectivity index (χ3n) is 3.51. The van der Waals surface area contributed by atoms with E-state index in [-0.39, 0.29) is 5.91 Å². The van der Waals surface area contributed by atoms with Gasteiger partial charge in [0, 0.05) is 19.8 Å². The maximum Gasteiger partial charge on any atom is 0.276 e. The molecule has 6 nitrogen and oxygen atoms in total. The van der Waals surface area contributed by atoms with Gasteiger partial charge in [0.15, 0.2) is 0 Å². The van der Waals surface area contributed by atoms with E-state index in [2.05, 4.69) is 21.2 Å². The molecule has 1 aliphatic rings. The van der Waals surface area contributed by atoms with Crippen molar-refractivity contribution in [1.82, 2.24) is 10.7 Å². The van der Waals surface area contributed by atoms with Crippen molar-refractivity contribution in [1.29, 1.82) is 0 Å². The van der Waals surface area contributed by atoms with E-state index in [1.54, 1.807) is 6.08 Å². The highest BCUT2D eigenvalue weighted by molar-refractivity contribution is 6.13. The summed E-state index contributed by atoms with van der Waals surface area (Å²) < 4.78 is 0. The Morgan fingerprint density at radius 2 is 1.71 bits per heavy atom. The highest BCUT2D eigenvalue weighted by atomic mass is 16.2. The highest BCUT2D eigenvalue weighted by Crippen LogP contribution is 2.16. The summed E-state index contributed by atoms with van der Waals surface area (Å²) in [6.07, 6.45) is 1.76. The van der Waals surface area contributed by atoms with E-state index in [4.69, 9.17) is 0 Å². The van der Waals surface area contributed by atoms with Crippen LogP contribution in [0, 0.1) is 0 Å². The number of benzene rings is 2. The lowest BCUT2D eigenvalue weighted by Crippen LogP contribution is -2.39. The average molecular weight is 321 g/mol. The Kier molecular flexibility index (Phi) is 4.47. The van der Waals surface area contributed by atoms with Crippen LogP contribution in [0.1, 0.15) is 5.56 Å². The van der Waals surface area contributed by atoms with Crippen LogP contribution < -0.4 is 21.1 Å². The van der Waals surface area contributed by atoms with E-state index in [9.17, 15) is 4.79 Å². The van der Waals surface area contributed by atoms with E-state index in [0.29, 0.717) is 11.7 Å². The molecule has 0 bridgehead atoms. The van der Waals surface area contributed by atoms with E-state index >= 15 is 0 Å². The molecule has 0 spiro atoms. The van der Waals surface area contributed by atoms with Gasteiger partial charge in [-0.3, -0.25) is 21.0 Å². The van der Waals surface area contributed by atoms with Crippen molar-refractivity contribution in [3.05, 3.63) is 65.9 Å². The quantitative estimate of drug-likeness (QED) is 0.596. The Hall–Kier alpha value is -3.28. The van der Waals surface area contributed by atoms with Crippen molar-refractivity contribution in [2.45, 2.75) is 0 Å². The number of hydrogen-bond acceptors (Lipinski definition) is 5. The maximum atomic E-state index is 12.0. The molecule has 0 fully saturated rings. The molecule has 1 heterocycles. The Morgan fingerprint density at radius 1 is 1.00 bits per heavy atom. The number of carbonyl (C=O) groups is 1. The van der Waals surface area contributed by atoms with Crippen LogP contribution in [0.15, 0.2) is 65.3 Å². The Bertz CT molecular complexity index is 779. The van der Waals surface area contributed by atoms with Crippen molar-refractivity contribution in [3.8, 4) is 0 Å². The molecule has 122 valence electrons. The van der Waals surface area contributed by atoms with E-state index in [1.807, 2.05) is 73.6 Å². The van der Waals surface area contributed by atoms with Gasteiger partial charge in [0.25, 0.3) is 5.91 Å². The van der Waals surface area contributed by atoms with Gasteiger partial charge in [-0.15, -0.1) is 0 Å². The predicted octanol–water partition coefficient (Wildman–Crippen LogP) is 2.20. The SMILES string of the molecule is CN(C)c1ccc(C=C2N=C(NNc3ccccc3)NC2=O)cc1. The molecule has 3 rings (SSSR count). The Morgan fingerprint density at radius 3 is 2.38 bits per heavy atom. The molecule has 0 saturated carbocycles. The topological polar surface area (TPSA) is 68.8 Å². The molecule has 2 aromatic carbocycles. The number of amides is 1. The maximum absolute atomic E-state index is 12.0. The number of rotatable bonds is 4. The molecule has 0 saturated heterocycles. The summed E-state index contributed by atoms with van der Waals surface area (Å²) in [5, 5.41) is 2.68. The van der Waals surface area contributed by atoms with Crippen molar-refractivity contribution in [2.24, 2.45) is 4.99 Å². The molecule has 0 atom stereocenters. The normalized spacial score (nSPS) is 15.0. The zero-order valence-electron chi connectivity index (χ0n) is 13.6. The summed E-state index contributed by atoms with van der Waals surface area (Å²) in [7, 11) is 3.97. The number of para-hydroxylation sites is 1. The van der Waals surface area contributed by atoms with Crippen LogP contribution >= 0.6 is 0 Å². The first kappa shape index (κ1) is 15.6. The second kappa shape index (κ2) is 6.87. The minimum Gasteiger partial charge on any atom is -0.378 e. The number of nitrogens with zero attached hydrogens (tertiary/aromatic N) is 2. The van der Waals surface area contributed by atoms with Gasteiger partial charge in [0.05, 0.1) is 5.69 Å². The van der Waals surface area contributed by atoms with Gasteiger partial charge in [0.2, 0.25) is 5.96 Å². The molecule has 3 N–H and O–H groups in total. The molecule has 24 heavy (non-hydrogen) atoms. The van der Waals surface area contributed by atoms with Crippen molar-refractivity contribution < 1.29 is 4.79 Å². The number of aliphatic imine (C=N–C) groups is 1. The van der Waals surface area contributed by atoms with Gasteiger partial charge >= 0.3 is 0 Å². The number of carbonyl (C=O) groups excluding carboxylic acids is 1. The van der Waals surface area contributed by atoms with Crippen LogP contribution in [0.5, 0.6) is 0 Å². The molecule has 0 aliphatic carbocycles. The second-order valence-corrected chi connectivity index (χ2v) is 5.55. The molecule has 0 unspecified atom stereocenters. The van der Waals surface area contributed by atoms with Crippen LogP contribution in [0.2, 0.25) is 0 Å². The van der Waals surface area contributed by atoms with Crippen LogP contribution in [0.3, 0.4) is 0 Å². The zero-order valence-corrected chi connectivity index (χ0v) is 13.6. The number of guanidine groups is 1. The molecular formula is C18H19N5O. The fourth-order valence-corrected chi connectivity index (χ4v) is 2.21. The van der Waals surface area contributed by atoms with E-state index in [1.165, 1.54) is 0 Å². The molecule has 6 heteroatoms. The Balaban J connectivity index is 1.69. The molecule has 0 radical (unpaired) electrons. The average Bonchev–Trinajstić information content (AvgIpc) is 2.94. The van der Waals surface area contributed by atoms with Crippen LogP contribution in [-0.2, 0) is 4.79 Å². The first-order valence-corrected chi connectivity index (χ1v) is 7.58. The molecule has 1 aliphatic heterocycles. The van der Waals surface area contributed by atoms with Crippen LogP contribution in [0.25, 0.3) is 6.08 Å². The fourth-order valence-electron chi connectivity index (χ4n) is 2.21. The summed E-state index contributed by atoms with van der Waals surface area (Å²) in [6, 6.07) is 17.5. The van der Waals surface area contributed by atoms with E-state index in [0.717, 1.165) is 16.9 Å². The van der Waals surface area contributed by atoms with Crippen LogP contribution in [-0.4, -0.2) is 26.0 Å². The highest BCUT2D eigenvalue weighted by Gasteiger charge is 2.19. The summed E-state index contributed by atoms with van der Waals surface area (Å²) in [5.74, 6) is 0.143. The summed E-state index contributed by atoms with van der Waals surface area (Å²) in [6.45, 7) is 0. The van der Waals surface area contributed by atoms with Crippen molar-refractivity contribution in [3.63, 3.8) is 0 Å². The van der Waals surface area contributed by atoms with Gasteiger partial charge in [-0.1, -0.05) is 30.3 Å². The third-order valence-corrected chi connectivity index (χ3v) is 3.51. The smallest absolute Gasteiger partial charge is 0.276 e. The lowest BCUT2D eigenvalue weighted by molar-refractivity contribution is -0.115. The van der Waals surface area contributed by atoms with Crippen LogP contribution in [0.4, 0.5) is 11.4 Å². The lowest BCUT2D eigenvalue weighted by Gasteiger charge is -2.11. The zero-order chi connectivity index (χ0) is 16.9. The summed E-state index contributed by atoms with van der Waals surface area (Å²) in [5.41, 5.74) is 9.14. The van der Waals surface area contributed by atoms with Gasteiger partial charge in [-0.25, -0.2) is 4.99 Å². The second-order valence-electron chi connectivity index (χ2n) is 5.55. The molecule has 2 aromatic rings. The summed E-state index contributed by atoms with van der Waals surface area (Å²) in [4.78, 5) is 18.3. The van der Waals surface area contributed by atoms with Gasteiger partial charge < -0.3 is 4.90 Å². The van der Waals surface area contributed by atoms with Gasteiger partial charge in [0.1, 0.15) is 5.70 Å². The predicted molar refractivity (Wildman–Crippen MR) is 97.5 cm³/mol. The standard InChI is InChI=1S/C18H19N5O/c1-23(2)15-10-8-13(9-11-15)12-16-17(24)20-18(19-16)22-21-14-6-4-3-5-7-14/h3-12,21H,1-2H3,(H2,19,20,22,24). The first-order chi connectivity index (χ1) is 11.6. The fraction of sp³-hybridized carbons (Fsp3) is 0.111.